The molecule has 3 aromatic carbocycles. The number of nitro benzene ring substituents is 1. The molecule has 0 saturated heterocycles. The summed E-state index contributed by atoms with van der Waals surface area (Å²) in [4.78, 5) is 23.3. The number of nitrogens with zero attached hydrogens (tertiary/aromatic N) is 2. The van der Waals surface area contributed by atoms with Crippen molar-refractivity contribution < 1.29 is 22.9 Å². The third kappa shape index (κ3) is 5.98. The summed E-state index contributed by atoms with van der Waals surface area (Å²) in [5, 5.41) is 15.9. The molecule has 0 saturated carbocycles. The molecule has 0 fully saturated rings. The number of rotatable bonds is 10. The van der Waals surface area contributed by atoms with Crippen LogP contribution in [0.15, 0.2) is 66.7 Å². The lowest BCUT2D eigenvalue weighted by molar-refractivity contribution is -0.384. The number of carbonyl (C=O) groups excluding carboxylic acids is 1. The number of benzene rings is 3. The molecular weight excluding hydrogens is 446 g/mol. The van der Waals surface area contributed by atoms with E-state index in [4.69, 9.17) is 4.74 Å². The number of ether oxygens (including phenoxy) is 1. The largest absolute Gasteiger partial charge is 0.492 e. The van der Waals surface area contributed by atoms with Crippen LogP contribution in [0.4, 0.5) is 11.4 Å². The normalized spacial score (nSPS) is 12.2. The topological polar surface area (TPSA) is 119 Å². The first-order valence-corrected chi connectivity index (χ1v) is 12.2. The lowest BCUT2D eigenvalue weighted by Crippen LogP contribution is -2.50. The van der Waals surface area contributed by atoms with Crippen LogP contribution < -0.4 is 14.4 Å². The van der Waals surface area contributed by atoms with E-state index in [-0.39, 0.29) is 30.9 Å². The summed E-state index contributed by atoms with van der Waals surface area (Å²) in [7, 11) is -3.89. The fourth-order valence-electron chi connectivity index (χ4n) is 3.52. The van der Waals surface area contributed by atoms with Gasteiger partial charge in [-0.25, -0.2) is 8.42 Å². The number of hydrogen-bond acceptors (Lipinski definition) is 6. The Morgan fingerprint density at radius 1 is 1.09 bits per heavy atom. The number of hydrogen-bond donors (Lipinski definition) is 1. The number of amides is 1. The van der Waals surface area contributed by atoms with Gasteiger partial charge in [0.1, 0.15) is 18.4 Å². The van der Waals surface area contributed by atoms with Crippen molar-refractivity contribution >= 4 is 38.1 Å². The average molecular weight is 472 g/mol. The zero-order chi connectivity index (χ0) is 24.0. The van der Waals surface area contributed by atoms with Crippen LogP contribution in [-0.2, 0) is 14.8 Å². The minimum atomic E-state index is -3.89. The minimum absolute atomic E-state index is 0.0566. The van der Waals surface area contributed by atoms with E-state index in [2.05, 4.69) is 5.32 Å². The summed E-state index contributed by atoms with van der Waals surface area (Å²) in [6.45, 7) is 2.02. The van der Waals surface area contributed by atoms with Gasteiger partial charge in [0.05, 0.1) is 23.4 Å². The lowest BCUT2D eigenvalue weighted by Gasteiger charge is -2.30. The van der Waals surface area contributed by atoms with E-state index in [1.165, 1.54) is 18.2 Å². The van der Waals surface area contributed by atoms with Crippen LogP contribution in [0.3, 0.4) is 0 Å². The van der Waals surface area contributed by atoms with Gasteiger partial charge in [-0.1, -0.05) is 43.3 Å². The number of nitrogens with one attached hydrogen (secondary N) is 1. The molecule has 0 spiro atoms. The highest BCUT2D eigenvalue weighted by atomic mass is 32.2. The van der Waals surface area contributed by atoms with E-state index in [0.717, 1.165) is 27.4 Å². The van der Waals surface area contributed by atoms with Gasteiger partial charge < -0.3 is 10.1 Å². The van der Waals surface area contributed by atoms with Crippen molar-refractivity contribution in [3.63, 3.8) is 0 Å². The van der Waals surface area contributed by atoms with Crippen molar-refractivity contribution in [1.29, 1.82) is 0 Å². The van der Waals surface area contributed by atoms with E-state index < -0.39 is 26.9 Å². The van der Waals surface area contributed by atoms with Gasteiger partial charge in [0.15, 0.2) is 0 Å². The Bertz CT molecular complexity index is 1260. The monoisotopic (exact) mass is 471 g/mol. The van der Waals surface area contributed by atoms with E-state index in [0.29, 0.717) is 5.75 Å². The fraction of sp³-hybridized carbons (Fsp3) is 0.261. The summed E-state index contributed by atoms with van der Waals surface area (Å²) < 4.78 is 31.6. The van der Waals surface area contributed by atoms with Crippen molar-refractivity contribution in [3.8, 4) is 5.75 Å². The molecule has 9 nitrogen and oxygen atoms in total. The summed E-state index contributed by atoms with van der Waals surface area (Å²) in [6, 6.07) is 17.7. The highest BCUT2D eigenvalue weighted by molar-refractivity contribution is 7.92. The Labute approximate surface area is 192 Å². The van der Waals surface area contributed by atoms with Crippen LogP contribution in [-0.4, -0.2) is 44.7 Å². The molecule has 3 aromatic rings. The number of non-ortho nitro benzene ring substituents is 1. The molecule has 0 unspecified atom stereocenters. The maximum atomic E-state index is 12.8. The smallest absolute Gasteiger partial charge is 0.271 e. The molecule has 0 heterocycles. The first-order valence-electron chi connectivity index (χ1n) is 10.3. The second-order valence-corrected chi connectivity index (χ2v) is 9.27. The molecule has 1 N–H and O–H groups in total. The Morgan fingerprint density at radius 3 is 2.48 bits per heavy atom. The number of nitro groups is 1. The number of fused-ring (bicyclic) bond motifs is 1. The fourth-order valence-corrected chi connectivity index (χ4v) is 4.73. The lowest BCUT2D eigenvalue weighted by atomic mass is 10.1. The first-order chi connectivity index (χ1) is 15.7. The standard InChI is InChI=1S/C23H25N3O6S/c1-3-22(25(33(2,30)31)19-9-6-10-20(16-19)26(28)29)23(27)24-13-14-32-21-12-11-17-7-4-5-8-18(17)15-21/h4-12,15-16,22H,3,13-14H2,1-2H3,(H,24,27)/t22-/m0/s1. The van der Waals surface area contributed by atoms with Gasteiger partial charge in [-0.05, 0) is 35.4 Å². The van der Waals surface area contributed by atoms with E-state index >= 15 is 0 Å². The number of anilines is 1. The second-order valence-electron chi connectivity index (χ2n) is 7.41. The molecule has 0 aliphatic rings. The van der Waals surface area contributed by atoms with E-state index in [9.17, 15) is 23.3 Å². The van der Waals surface area contributed by atoms with Gasteiger partial charge in [0.2, 0.25) is 15.9 Å². The van der Waals surface area contributed by atoms with Gasteiger partial charge in [0, 0.05) is 12.1 Å². The third-order valence-corrected chi connectivity index (χ3v) is 6.20. The zero-order valence-electron chi connectivity index (χ0n) is 18.3. The van der Waals surface area contributed by atoms with E-state index in [1.54, 1.807) is 6.92 Å². The Balaban J connectivity index is 1.67. The molecule has 1 amide bonds. The van der Waals surface area contributed by atoms with Crippen LogP contribution in [0.2, 0.25) is 0 Å². The summed E-state index contributed by atoms with van der Waals surface area (Å²) in [5.74, 6) is 0.140. The van der Waals surface area contributed by atoms with E-state index in [1.807, 2.05) is 42.5 Å². The molecular formula is C23H25N3O6S. The van der Waals surface area contributed by atoms with Crippen molar-refractivity contribution in [2.75, 3.05) is 23.7 Å². The van der Waals surface area contributed by atoms with Crippen LogP contribution in [0, 0.1) is 10.1 Å². The average Bonchev–Trinajstić information content (AvgIpc) is 2.79. The Kier molecular flexibility index (Phi) is 7.49. The van der Waals surface area contributed by atoms with Crippen LogP contribution in [0.5, 0.6) is 5.75 Å². The Hall–Kier alpha value is -3.66. The highest BCUT2D eigenvalue weighted by Gasteiger charge is 2.32. The quantitative estimate of drug-likeness (QED) is 0.275. The molecule has 1 atom stereocenters. The van der Waals surface area contributed by atoms with Crippen LogP contribution >= 0.6 is 0 Å². The molecule has 174 valence electrons. The van der Waals surface area contributed by atoms with Gasteiger partial charge >= 0.3 is 0 Å². The van der Waals surface area contributed by atoms with Crippen LogP contribution in [0.1, 0.15) is 13.3 Å². The molecule has 0 aliphatic carbocycles. The SMILES string of the molecule is CC[C@@H](C(=O)NCCOc1ccc2ccccc2c1)N(c1cccc([N+](=O)[O-])c1)S(C)(=O)=O. The zero-order valence-corrected chi connectivity index (χ0v) is 19.1. The maximum Gasteiger partial charge on any atom is 0.271 e. The van der Waals surface area contributed by atoms with Gasteiger partial charge in [0.25, 0.3) is 5.69 Å². The maximum absolute atomic E-state index is 12.8. The number of carbonyl (C=O) groups is 1. The molecule has 0 aliphatic heterocycles. The molecule has 3 rings (SSSR count). The predicted octanol–water partition coefficient (Wildman–Crippen LogP) is 3.49. The highest BCUT2D eigenvalue weighted by Crippen LogP contribution is 2.26. The predicted molar refractivity (Wildman–Crippen MR) is 127 cm³/mol. The minimum Gasteiger partial charge on any atom is -0.492 e. The molecule has 0 radical (unpaired) electrons. The van der Waals surface area contributed by atoms with Crippen molar-refractivity contribution in [3.05, 3.63) is 76.8 Å². The van der Waals surface area contributed by atoms with Gasteiger partial charge in [-0.3, -0.25) is 19.2 Å². The molecule has 10 heteroatoms. The number of sulfonamides is 1. The summed E-state index contributed by atoms with van der Waals surface area (Å²) in [5.41, 5.74) is -0.207. The van der Waals surface area contributed by atoms with Crippen molar-refractivity contribution in [1.82, 2.24) is 5.32 Å². The third-order valence-electron chi connectivity index (χ3n) is 5.02. The van der Waals surface area contributed by atoms with Crippen molar-refractivity contribution in [2.24, 2.45) is 0 Å². The summed E-state index contributed by atoms with van der Waals surface area (Å²) in [6.07, 6.45) is 1.14. The summed E-state index contributed by atoms with van der Waals surface area (Å²) >= 11 is 0. The molecule has 33 heavy (non-hydrogen) atoms. The molecule has 0 bridgehead atoms. The van der Waals surface area contributed by atoms with Crippen LogP contribution in [0.25, 0.3) is 10.8 Å². The first kappa shape index (κ1) is 24.0. The second kappa shape index (κ2) is 10.3. The van der Waals surface area contributed by atoms with Crippen molar-refractivity contribution in [2.45, 2.75) is 19.4 Å². The Morgan fingerprint density at radius 2 is 1.82 bits per heavy atom. The molecule has 0 aromatic heterocycles. The van der Waals surface area contributed by atoms with Gasteiger partial charge in [-0.15, -0.1) is 0 Å². The van der Waals surface area contributed by atoms with Gasteiger partial charge in [-0.2, -0.15) is 0 Å².